The van der Waals surface area contributed by atoms with Gasteiger partial charge >= 0.3 is 0 Å². The maximum Gasteiger partial charge on any atom is 0.280 e. The van der Waals surface area contributed by atoms with Gasteiger partial charge in [-0.2, -0.15) is 0 Å². The van der Waals surface area contributed by atoms with Crippen LogP contribution in [0.15, 0.2) is 42.6 Å². The van der Waals surface area contributed by atoms with E-state index in [1.807, 2.05) is 0 Å². The van der Waals surface area contributed by atoms with Crippen LogP contribution in [0, 0.1) is 22.9 Å². The fourth-order valence-electron chi connectivity index (χ4n) is 2.54. The zero-order valence-corrected chi connectivity index (χ0v) is 13.0. The largest absolute Gasteiger partial charge is 0.497 e. The van der Waals surface area contributed by atoms with Crippen LogP contribution in [0.25, 0.3) is 10.8 Å². The van der Waals surface area contributed by atoms with Crippen molar-refractivity contribution in [2.24, 2.45) is 0 Å². The standard InChI is InChI=1S/C17H14FN3O3/c1-10-3-5-13-12(16(10)21(22)23)7-8-19-17(13)20-15-9-11(24-2)4-6-14(15)18/h3-9H,1-2H3,(H,19,20). The third-order valence-corrected chi connectivity index (χ3v) is 3.73. The van der Waals surface area contributed by atoms with E-state index in [0.29, 0.717) is 27.9 Å². The number of anilines is 2. The molecule has 24 heavy (non-hydrogen) atoms. The van der Waals surface area contributed by atoms with Gasteiger partial charge in [-0.05, 0) is 31.2 Å². The van der Waals surface area contributed by atoms with Gasteiger partial charge in [0.1, 0.15) is 17.4 Å². The molecule has 2 aromatic carbocycles. The molecule has 0 unspecified atom stereocenters. The first kappa shape index (κ1) is 15.7. The van der Waals surface area contributed by atoms with Crippen molar-refractivity contribution in [1.82, 2.24) is 4.98 Å². The monoisotopic (exact) mass is 327 g/mol. The molecular formula is C17H14FN3O3. The summed E-state index contributed by atoms with van der Waals surface area (Å²) in [5.41, 5.74) is 0.749. The third kappa shape index (κ3) is 2.71. The van der Waals surface area contributed by atoms with Crippen LogP contribution in [0.1, 0.15) is 5.56 Å². The quantitative estimate of drug-likeness (QED) is 0.569. The van der Waals surface area contributed by atoms with Gasteiger partial charge in [-0.25, -0.2) is 9.37 Å². The molecule has 3 rings (SSSR count). The van der Waals surface area contributed by atoms with Crippen LogP contribution in [-0.4, -0.2) is 17.0 Å². The molecule has 1 heterocycles. The molecule has 3 aromatic rings. The Balaban J connectivity index is 2.15. The van der Waals surface area contributed by atoms with E-state index < -0.39 is 10.7 Å². The number of fused-ring (bicyclic) bond motifs is 1. The summed E-state index contributed by atoms with van der Waals surface area (Å²) in [6.45, 7) is 1.67. The summed E-state index contributed by atoms with van der Waals surface area (Å²) in [7, 11) is 1.49. The van der Waals surface area contributed by atoms with Crippen molar-refractivity contribution in [2.75, 3.05) is 12.4 Å². The van der Waals surface area contributed by atoms with Crippen LogP contribution < -0.4 is 10.1 Å². The molecule has 0 bridgehead atoms. The Hall–Kier alpha value is -3.22. The Morgan fingerprint density at radius 1 is 1.21 bits per heavy atom. The van der Waals surface area contributed by atoms with Crippen molar-refractivity contribution in [3.8, 4) is 5.75 Å². The van der Waals surface area contributed by atoms with Gasteiger partial charge in [0.05, 0.1) is 23.1 Å². The molecule has 0 spiro atoms. The molecule has 0 aliphatic carbocycles. The average molecular weight is 327 g/mol. The van der Waals surface area contributed by atoms with Crippen LogP contribution in [0.2, 0.25) is 0 Å². The summed E-state index contributed by atoms with van der Waals surface area (Å²) >= 11 is 0. The predicted octanol–water partition coefficient (Wildman–Crippen LogP) is 4.34. The van der Waals surface area contributed by atoms with Crippen LogP contribution in [0.3, 0.4) is 0 Å². The summed E-state index contributed by atoms with van der Waals surface area (Å²) in [6, 6.07) is 9.23. The molecule has 1 N–H and O–H groups in total. The lowest BCUT2D eigenvalue weighted by molar-refractivity contribution is -0.383. The van der Waals surface area contributed by atoms with Crippen LogP contribution in [0.5, 0.6) is 5.75 Å². The molecule has 0 fully saturated rings. The normalized spacial score (nSPS) is 10.6. The zero-order valence-electron chi connectivity index (χ0n) is 13.0. The lowest BCUT2D eigenvalue weighted by Crippen LogP contribution is -2.00. The van der Waals surface area contributed by atoms with E-state index in [0.717, 1.165) is 0 Å². The van der Waals surface area contributed by atoms with Gasteiger partial charge in [0.25, 0.3) is 5.69 Å². The lowest BCUT2D eigenvalue weighted by Gasteiger charge is -2.11. The highest BCUT2D eigenvalue weighted by Gasteiger charge is 2.18. The number of ether oxygens (including phenoxy) is 1. The minimum atomic E-state index is -0.476. The highest BCUT2D eigenvalue weighted by molar-refractivity contribution is 5.99. The number of rotatable bonds is 4. The number of hydrogen-bond acceptors (Lipinski definition) is 5. The maximum absolute atomic E-state index is 14.0. The lowest BCUT2D eigenvalue weighted by atomic mass is 10.1. The Morgan fingerprint density at radius 2 is 2.00 bits per heavy atom. The molecule has 6 nitrogen and oxygen atoms in total. The summed E-state index contributed by atoms with van der Waals surface area (Å²) in [5, 5.41) is 15.2. The van der Waals surface area contributed by atoms with E-state index in [1.165, 1.54) is 31.5 Å². The second-order valence-corrected chi connectivity index (χ2v) is 5.21. The Morgan fingerprint density at radius 3 is 2.71 bits per heavy atom. The minimum Gasteiger partial charge on any atom is -0.497 e. The number of nitro groups is 1. The van der Waals surface area contributed by atoms with Gasteiger partial charge in [0.2, 0.25) is 0 Å². The van der Waals surface area contributed by atoms with Crippen LogP contribution >= 0.6 is 0 Å². The van der Waals surface area contributed by atoms with Gasteiger partial charge in [-0.3, -0.25) is 10.1 Å². The Labute approximate surface area is 137 Å². The van der Waals surface area contributed by atoms with E-state index in [9.17, 15) is 14.5 Å². The second kappa shape index (κ2) is 6.11. The number of aromatic nitrogens is 1. The number of methoxy groups -OCH3 is 1. The summed E-state index contributed by atoms with van der Waals surface area (Å²) in [6.07, 6.45) is 1.45. The first-order chi connectivity index (χ1) is 11.5. The maximum atomic E-state index is 14.0. The molecule has 0 amide bonds. The Kier molecular flexibility index (Phi) is 3.99. The van der Waals surface area contributed by atoms with Gasteiger partial charge in [0.15, 0.2) is 0 Å². The highest BCUT2D eigenvalue weighted by atomic mass is 19.1. The number of pyridine rings is 1. The number of hydrogen-bond donors (Lipinski definition) is 1. The molecule has 0 atom stereocenters. The molecular weight excluding hydrogens is 313 g/mol. The molecule has 0 aliphatic heterocycles. The van der Waals surface area contributed by atoms with Crippen LogP contribution in [-0.2, 0) is 0 Å². The number of nitrogens with zero attached hydrogens (tertiary/aromatic N) is 2. The molecule has 0 radical (unpaired) electrons. The SMILES string of the molecule is COc1ccc(F)c(Nc2nccc3c([N+](=O)[O-])c(C)ccc23)c1. The number of benzene rings is 2. The number of aryl methyl sites for hydroxylation is 1. The van der Waals surface area contributed by atoms with E-state index in [4.69, 9.17) is 4.74 Å². The van der Waals surface area contributed by atoms with Crippen molar-refractivity contribution < 1.29 is 14.1 Å². The fourth-order valence-corrected chi connectivity index (χ4v) is 2.54. The first-order valence-electron chi connectivity index (χ1n) is 7.14. The minimum absolute atomic E-state index is 0.0177. The molecule has 0 saturated heterocycles. The van der Waals surface area contributed by atoms with Crippen molar-refractivity contribution in [3.63, 3.8) is 0 Å². The van der Waals surface area contributed by atoms with Crippen molar-refractivity contribution in [2.45, 2.75) is 6.92 Å². The molecule has 7 heteroatoms. The number of nitro benzene ring substituents is 1. The zero-order chi connectivity index (χ0) is 17.3. The number of nitrogens with one attached hydrogen (secondary N) is 1. The molecule has 0 saturated carbocycles. The van der Waals surface area contributed by atoms with Gasteiger partial charge < -0.3 is 10.1 Å². The summed E-state index contributed by atoms with van der Waals surface area (Å²) in [4.78, 5) is 15.1. The van der Waals surface area contributed by atoms with Crippen LogP contribution in [0.4, 0.5) is 21.6 Å². The van der Waals surface area contributed by atoms with E-state index >= 15 is 0 Å². The van der Waals surface area contributed by atoms with Crippen molar-refractivity contribution >= 4 is 28.0 Å². The fraction of sp³-hybridized carbons (Fsp3) is 0.118. The third-order valence-electron chi connectivity index (χ3n) is 3.73. The number of halogens is 1. The topological polar surface area (TPSA) is 77.3 Å². The van der Waals surface area contributed by atoms with Gasteiger partial charge in [0, 0.05) is 23.2 Å². The molecule has 0 aliphatic rings. The first-order valence-corrected chi connectivity index (χ1v) is 7.14. The summed E-state index contributed by atoms with van der Waals surface area (Å²) in [5.74, 6) is 0.347. The van der Waals surface area contributed by atoms with E-state index in [-0.39, 0.29) is 11.4 Å². The smallest absolute Gasteiger partial charge is 0.280 e. The van der Waals surface area contributed by atoms with Gasteiger partial charge in [-0.15, -0.1) is 0 Å². The Bertz CT molecular complexity index is 944. The van der Waals surface area contributed by atoms with E-state index in [2.05, 4.69) is 10.3 Å². The summed E-state index contributed by atoms with van der Waals surface area (Å²) < 4.78 is 19.1. The predicted molar refractivity (Wildman–Crippen MR) is 89.4 cm³/mol. The second-order valence-electron chi connectivity index (χ2n) is 5.21. The van der Waals surface area contributed by atoms with Crippen molar-refractivity contribution in [1.29, 1.82) is 0 Å². The molecule has 122 valence electrons. The van der Waals surface area contributed by atoms with Gasteiger partial charge in [-0.1, -0.05) is 6.07 Å². The highest BCUT2D eigenvalue weighted by Crippen LogP contribution is 2.34. The molecule has 1 aromatic heterocycles. The van der Waals surface area contributed by atoms with E-state index in [1.54, 1.807) is 25.1 Å². The van der Waals surface area contributed by atoms with Crippen molar-refractivity contribution in [3.05, 3.63) is 64.1 Å². The average Bonchev–Trinajstić information content (AvgIpc) is 2.56.